The molecule has 0 unspecified atom stereocenters. The first kappa shape index (κ1) is 19.3. The summed E-state index contributed by atoms with van der Waals surface area (Å²) in [5.74, 6) is -0.568. The number of piperidine rings is 1. The maximum Gasteiger partial charge on any atom is 0.281 e. The number of benzene rings is 1. The van der Waals surface area contributed by atoms with E-state index in [-0.39, 0.29) is 23.7 Å². The number of nitrogens with one attached hydrogen (secondary N) is 1. The van der Waals surface area contributed by atoms with Gasteiger partial charge < -0.3 is 5.32 Å². The molecule has 1 aromatic rings. The van der Waals surface area contributed by atoms with Crippen LogP contribution in [0.25, 0.3) is 0 Å². The van der Waals surface area contributed by atoms with Crippen LogP contribution in [0.1, 0.15) is 44.2 Å². The molecule has 144 valence electrons. The summed E-state index contributed by atoms with van der Waals surface area (Å²) in [6, 6.07) is 5.85. The third-order valence-corrected chi connectivity index (χ3v) is 7.31. The van der Waals surface area contributed by atoms with E-state index in [4.69, 9.17) is 0 Å². The normalized spacial score (nSPS) is 21.6. The molecule has 1 aromatic carbocycles. The Balaban J connectivity index is 1.52. The minimum absolute atomic E-state index is 0.0694. The van der Waals surface area contributed by atoms with Crippen molar-refractivity contribution in [2.75, 3.05) is 26.2 Å². The van der Waals surface area contributed by atoms with Crippen molar-refractivity contribution in [1.29, 1.82) is 0 Å². The summed E-state index contributed by atoms with van der Waals surface area (Å²) in [6.45, 7) is 3.80. The van der Waals surface area contributed by atoms with Crippen molar-refractivity contribution in [2.24, 2.45) is 5.92 Å². The molecule has 2 fully saturated rings. The van der Waals surface area contributed by atoms with Crippen molar-refractivity contribution in [3.8, 4) is 0 Å². The topological polar surface area (TPSA) is 69.7 Å². The molecule has 0 aromatic heterocycles. The molecule has 0 spiro atoms. The molecule has 2 heterocycles. The highest BCUT2D eigenvalue weighted by Gasteiger charge is 2.35. The molecule has 0 aliphatic carbocycles. The van der Waals surface area contributed by atoms with Gasteiger partial charge in [-0.3, -0.25) is 4.79 Å². The summed E-state index contributed by atoms with van der Waals surface area (Å²) in [5, 5.41) is 2.95. The van der Waals surface area contributed by atoms with Gasteiger partial charge in [0.1, 0.15) is 5.82 Å². The van der Waals surface area contributed by atoms with Crippen LogP contribution in [-0.4, -0.2) is 49.1 Å². The number of carbonyl (C=O) groups excluding carboxylic acids is 1. The van der Waals surface area contributed by atoms with Crippen LogP contribution in [-0.2, 0) is 15.0 Å². The number of hydrogen-bond donors (Lipinski definition) is 1. The summed E-state index contributed by atoms with van der Waals surface area (Å²) < 4.78 is 41.2. The number of nitrogens with zero attached hydrogens (tertiary/aromatic N) is 2. The lowest BCUT2D eigenvalue weighted by Crippen LogP contribution is -2.48. The maximum absolute atomic E-state index is 13.0. The molecule has 2 saturated heterocycles. The number of hydrogen-bond acceptors (Lipinski definition) is 3. The average Bonchev–Trinajstić information content (AvgIpc) is 3.18. The molecule has 0 bridgehead atoms. The van der Waals surface area contributed by atoms with Crippen molar-refractivity contribution in [2.45, 2.75) is 38.6 Å². The van der Waals surface area contributed by atoms with Crippen LogP contribution < -0.4 is 5.32 Å². The van der Waals surface area contributed by atoms with Gasteiger partial charge in [-0.05, 0) is 50.3 Å². The second-order valence-corrected chi connectivity index (χ2v) is 9.00. The van der Waals surface area contributed by atoms with Crippen molar-refractivity contribution in [3.63, 3.8) is 0 Å². The van der Waals surface area contributed by atoms with Crippen LogP contribution >= 0.6 is 0 Å². The molecule has 2 aliphatic heterocycles. The van der Waals surface area contributed by atoms with Crippen molar-refractivity contribution < 1.29 is 17.6 Å². The molecule has 1 N–H and O–H groups in total. The van der Waals surface area contributed by atoms with E-state index in [0.29, 0.717) is 39.0 Å². The summed E-state index contributed by atoms with van der Waals surface area (Å²) in [5.41, 5.74) is 0.841. The molecule has 0 saturated carbocycles. The van der Waals surface area contributed by atoms with Crippen LogP contribution in [0.2, 0.25) is 0 Å². The second kappa shape index (κ2) is 8.02. The number of rotatable bonds is 5. The van der Waals surface area contributed by atoms with Gasteiger partial charge in [0.2, 0.25) is 5.91 Å². The second-order valence-electron chi connectivity index (χ2n) is 7.07. The Labute approximate surface area is 154 Å². The lowest BCUT2D eigenvalue weighted by molar-refractivity contribution is -0.126. The Morgan fingerprint density at radius 1 is 1.08 bits per heavy atom. The lowest BCUT2D eigenvalue weighted by Gasteiger charge is -2.33. The Bertz CT molecular complexity index is 725. The number of carbonyl (C=O) groups is 1. The van der Waals surface area contributed by atoms with Crippen molar-refractivity contribution in [3.05, 3.63) is 35.6 Å². The Morgan fingerprint density at radius 3 is 2.19 bits per heavy atom. The van der Waals surface area contributed by atoms with E-state index in [9.17, 15) is 17.6 Å². The fourth-order valence-electron chi connectivity index (χ4n) is 3.60. The molecule has 8 heteroatoms. The Kier molecular flexibility index (Phi) is 5.94. The van der Waals surface area contributed by atoms with E-state index in [0.717, 1.165) is 18.4 Å². The third kappa shape index (κ3) is 4.24. The van der Waals surface area contributed by atoms with Gasteiger partial charge in [-0.1, -0.05) is 12.1 Å². The Morgan fingerprint density at radius 2 is 1.62 bits per heavy atom. The van der Waals surface area contributed by atoms with Crippen LogP contribution in [0.15, 0.2) is 24.3 Å². The SMILES string of the molecule is C[C@@H](NC(=O)C1CCN(S(=O)(=O)N2CCCC2)CC1)c1ccc(F)cc1. The predicted octanol–water partition coefficient (Wildman–Crippen LogP) is 2.06. The molecule has 6 nitrogen and oxygen atoms in total. The summed E-state index contributed by atoms with van der Waals surface area (Å²) in [7, 11) is -3.38. The predicted molar refractivity (Wildman–Crippen MR) is 97.0 cm³/mol. The summed E-state index contributed by atoms with van der Waals surface area (Å²) in [6.07, 6.45) is 2.88. The number of halogens is 1. The van der Waals surface area contributed by atoms with E-state index >= 15 is 0 Å². The van der Waals surface area contributed by atoms with Crippen LogP contribution in [0, 0.1) is 11.7 Å². The van der Waals surface area contributed by atoms with Gasteiger partial charge in [-0.15, -0.1) is 0 Å². The Hall–Kier alpha value is -1.51. The first-order chi connectivity index (χ1) is 12.4. The lowest BCUT2D eigenvalue weighted by atomic mass is 9.96. The molecular formula is C18H26FN3O3S. The van der Waals surface area contributed by atoms with Crippen molar-refractivity contribution >= 4 is 16.1 Å². The molecule has 2 aliphatic rings. The third-order valence-electron chi connectivity index (χ3n) is 5.27. The zero-order valence-corrected chi connectivity index (χ0v) is 15.8. The minimum Gasteiger partial charge on any atom is -0.349 e. The van der Waals surface area contributed by atoms with Gasteiger partial charge in [0, 0.05) is 32.1 Å². The highest BCUT2D eigenvalue weighted by molar-refractivity contribution is 7.86. The molecule has 0 radical (unpaired) electrons. The molecule has 3 rings (SSSR count). The largest absolute Gasteiger partial charge is 0.349 e. The highest BCUT2D eigenvalue weighted by atomic mass is 32.2. The van der Waals surface area contributed by atoms with Crippen LogP contribution in [0.5, 0.6) is 0 Å². The molecule has 1 atom stereocenters. The summed E-state index contributed by atoms with van der Waals surface area (Å²) in [4.78, 5) is 12.5. The molecule has 1 amide bonds. The van der Waals surface area contributed by atoms with Crippen LogP contribution in [0.4, 0.5) is 4.39 Å². The number of amides is 1. The monoisotopic (exact) mass is 383 g/mol. The minimum atomic E-state index is -3.38. The first-order valence-corrected chi connectivity index (χ1v) is 10.6. The van der Waals surface area contributed by atoms with E-state index in [1.807, 2.05) is 6.92 Å². The zero-order chi connectivity index (χ0) is 18.7. The van der Waals surface area contributed by atoms with E-state index in [1.54, 1.807) is 16.4 Å². The van der Waals surface area contributed by atoms with Gasteiger partial charge in [-0.2, -0.15) is 17.0 Å². The van der Waals surface area contributed by atoms with Gasteiger partial charge >= 0.3 is 0 Å². The fourth-order valence-corrected chi connectivity index (χ4v) is 5.32. The van der Waals surface area contributed by atoms with E-state index in [2.05, 4.69) is 5.32 Å². The first-order valence-electron chi connectivity index (χ1n) is 9.19. The van der Waals surface area contributed by atoms with Gasteiger partial charge in [0.25, 0.3) is 10.2 Å². The van der Waals surface area contributed by atoms with Crippen molar-refractivity contribution in [1.82, 2.24) is 13.9 Å². The smallest absolute Gasteiger partial charge is 0.281 e. The zero-order valence-electron chi connectivity index (χ0n) is 15.0. The van der Waals surface area contributed by atoms with E-state index < -0.39 is 10.2 Å². The van der Waals surface area contributed by atoms with Gasteiger partial charge in [-0.25, -0.2) is 4.39 Å². The fraction of sp³-hybridized carbons (Fsp3) is 0.611. The average molecular weight is 383 g/mol. The van der Waals surface area contributed by atoms with E-state index in [1.165, 1.54) is 16.4 Å². The van der Waals surface area contributed by atoms with Gasteiger partial charge in [0.05, 0.1) is 6.04 Å². The standard InChI is InChI=1S/C18H26FN3O3S/c1-14(15-4-6-17(19)7-5-15)20-18(23)16-8-12-22(13-9-16)26(24,25)21-10-2-3-11-21/h4-7,14,16H,2-3,8-13H2,1H3,(H,20,23)/t14-/m1/s1. The molecular weight excluding hydrogens is 357 g/mol. The quantitative estimate of drug-likeness (QED) is 0.846. The maximum atomic E-state index is 13.0. The summed E-state index contributed by atoms with van der Waals surface area (Å²) >= 11 is 0. The van der Waals surface area contributed by atoms with Gasteiger partial charge in [0.15, 0.2) is 0 Å². The van der Waals surface area contributed by atoms with Crippen LogP contribution in [0.3, 0.4) is 0 Å². The highest BCUT2D eigenvalue weighted by Crippen LogP contribution is 2.24. The molecule has 26 heavy (non-hydrogen) atoms.